The number of thiophene rings is 1. The van der Waals surface area contributed by atoms with Crippen molar-refractivity contribution in [2.45, 2.75) is 13.0 Å². The molecule has 0 fully saturated rings. The summed E-state index contributed by atoms with van der Waals surface area (Å²) in [7, 11) is 1.81. The van der Waals surface area contributed by atoms with Gasteiger partial charge in [-0.25, -0.2) is 4.39 Å². The standard InChI is InChI=1S/C13H12BrClFNS/c1-7-6-10(18-13(7)15)12(17-2)11-8(14)4-3-5-9(11)16/h3-6,12,17H,1-2H3. The smallest absolute Gasteiger partial charge is 0.129 e. The minimum Gasteiger partial charge on any atom is -0.309 e. The highest BCUT2D eigenvalue weighted by Gasteiger charge is 2.21. The van der Waals surface area contributed by atoms with Crippen LogP contribution in [0.5, 0.6) is 0 Å². The summed E-state index contributed by atoms with van der Waals surface area (Å²) in [6, 6.07) is 6.78. The summed E-state index contributed by atoms with van der Waals surface area (Å²) >= 11 is 11.0. The molecule has 0 aliphatic carbocycles. The number of benzene rings is 1. The number of hydrogen-bond acceptors (Lipinski definition) is 2. The lowest BCUT2D eigenvalue weighted by Crippen LogP contribution is -2.18. The van der Waals surface area contributed by atoms with Crippen LogP contribution in [0, 0.1) is 12.7 Å². The number of rotatable bonds is 3. The van der Waals surface area contributed by atoms with E-state index in [-0.39, 0.29) is 11.9 Å². The molecule has 2 rings (SSSR count). The van der Waals surface area contributed by atoms with Crippen molar-refractivity contribution in [2.24, 2.45) is 0 Å². The predicted molar refractivity (Wildman–Crippen MR) is 79.1 cm³/mol. The molecule has 0 aliphatic rings. The summed E-state index contributed by atoms with van der Waals surface area (Å²) < 4.78 is 15.5. The molecule has 0 radical (unpaired) electrons. The van der Waals surface area contributed by atoms with Gasteiger partial charge in [-0.3, -0.25) is 0 Å². The second kappa shape index (κ2) is 5.70. The molecule has 2 aromatic rings. The first kappa shape index (κ1) is 14.0. The minimum absolute atomic E-state index is 0.197. The van der Waals surface area contributed by atoms with E-state index in [1.807, 2.05) is 26.1 Å². The van der Waals surface area contributed by atoms with Gasteiger partial charge < -0.3 is 5.32 Å². The van der Waals surface area contributed by atoms with Gasteiger partial charge in [-0.15, -0.1) is 11.3 Å². The first-order chi connectivity index (χ1) is 8.54. The molecule has 1 unspecified atom stereocenters. The number of aryl methyl sites for hydroxylation is 1. The molecule has 18 heavy (non-hydrogen) atoms. The Kier molecular flexibility index (Phi) is 4.43. The third kappa shape index (κ3) is 2.62. The summed E-state index contributed by atoms with van der Waals surface area (Å²) in [6.45, 7) is 1.95. The van der Waals surface area contributed by atoms with Crippen LogP contribution >= 0.6 is 38.9 Å². The fourth-order valence-electron chi connectivity index (χ4n) is 1.84. The van der Waals surface area contributed by atoms with Crippen LogP contribution in [0.3, 0.4) is 0 Å². The highest BCUT2D eigenvalue weighted by atomic mass is 79.9. The molecule has 1 aromatic heterocycles. The van der Waals surface area contributed by atoms with Gasteiger partial charge in [0.15, 0.2) is 0 Å². The SMILES string of the molecule is CNC(c1cc(C)c(Cl)s1)c1c(F)cccc1Br. The third-order valence-electron chi connectivity index (χ3n) is 2.74. The Morgan fingerprint density at radius 2 is 2.17 bits per heavy atom. The zero-order chi connectivity index (χ0) is 13.3. The molecule has 0 spiro atoms. The van der Waals surface area contributed by atoms with E-state index in [0.717, 1.165) is 19.2 Å². The van der Waals surface area contributed by atoms with Crippen LogP contribution in [0.1, 0.15) is 22.0 Å². The normalized spacial score (nSPS) is 12.7. The van der Waals surface area contributed by atoms with Crippen LogP contribution in [0.25, 0.3) is 0 Å². The molecule has 0 aliphatic heterocycles. The Morgan fingerprint density at radius 3 is 2.67 bits per heavy atom. The van der Waals surface area contributed by atoms with Gasteiger partial charge in [0.05, 0.1) is 10.4 Å². The summed E-state index contributed by atoms with van der Waals surface area (Å²) in [6.07, 6.45) is 0. The maximum Gasteiger partial charge on any atom is 0.129 e. The number of halogens is 3. The van der Waals surface area contributed by atoms with Gasteiger partial charge in [-0.05, 0) is 37.7 Å². The van der Waals surface area contributed by atoms with E-state index in [1.165, 1.54) is 17.4 Å². The molecule has 1 heterocycles. The Hall–Kier alpha value is -0.420. The van der Waals surface area contributed by atoms with Gasteiger partial charge in [0.1, 0.15) is 5.82 Å². The Bertz CT molecular complexity index is 530. The van der Waals surface area contributed by atoms with Crippen LogP contribution in [0.2, 0.25) is 4.34 Å². The van der Waals surface area contributed by atoms with E-state index in [2.05, 4.69) is 21.2 Å². The molecule has 0 amide bonds. The number of hydrogen-bond donors (Lipinski definition) is 1. The molecule has 1 aromatic carbocycles. The van der Waals surface area contributed by atoms with E-state index in [9.17, 15) is 4.39 Å². The zero-order valence-electron chi connectivity index (χ0n) is 9.93. The Labute approximate surface area is 123 Å². The molecule has 0 saturated heterocycles. The first-order valence-electron chi connectivity index (χ1n) is 5.41. The van der Waals surface area contributed by atoms with E-state index >= 15 is 0 Å². The van der Waals surface area contributed by atoms with Gasteiger partial charge >= 0.3 is 0 Å². The third-order valence-corrected chi connectivity index (χ3v) is 5.05. The average Bonchev–Trinajstić information content (AvgIpc) is 2.64. The average molecular weight is 349 g/mol. The lowest BCUT2D eigenvalue weighted by Gasteiger charge is -2.17. The second-order valence-corrected chi connectivity index (χ2v) is 6.50. The molecule has 0 saturated carbocycles. The van der Waals surface area contributed by atoms with Crippen molar-refractivity contribution in [3.05, 3.63) is 54.9 Å². The molecular weight excluding hydrogens is 337 g/mol. The highest BCUT2D eigenvalue weighted by Crippen LogP contribution is 2.37. The van der Waals surface area contributed by atoms with Crippen molar-refractivity contribution in [3.8, 4) is 0 Å². The molecule has 1 atom stereocenters. The molecular formula is C13H12BrClFNS. The van der Waals surface area contributed by atoms with Crippen molar-refractivity contribution in [2.75, 3.05) is 7.05 Å². The molecule has 1 nitrogen and oxygen atoms in total. The van der Waals surface area contributed by atoms with E-state index in [0.29, 0.717) is 5.56 Å². The summed E-state index contributed by atoms with van der Waals surface area (Å²) in [4.78, 5) is 1.01. The first-order valence-corrected chi connectivity index (χ1v) is 7.40. The van der Waals surface area contributed by atoms with Crippen molar-refractivity contribution in [1.29, 1.82) is 0 Å². The number of nitrogens with one attached hydrogen (secondary N) is 1. The van der Waals surface area contributed by atoms with Crippen molar-refractivity contribution in [3.63, 3.8) is 0 Å². The fraction of sp³-hybridized carbons (Fsp3) is 0.231. The lowest BCUT2D eigenvalue weighted by molar-refractivity contribution is 0.577. The molecule has 96 valence electrons. The highest BCUT2D eigenvalue weighted by molar-refractivity contribution is 9.10. The van der Waals surface area contributed by atoms with Crippen LogP contribution in [0.4, 0.5) is 4.39 Å². The summed E-state index contributed by atoms with van der Waals surface area (Å²) in [5, 5.41) is 3.14. The van der Waals surface area contributed by atoms with E-state index in [4.69, 9.17) is 11.6 Å². The van der Waals surface area contributed by atoms with Crippen molar-refractivity contribution >= 4 is 38.9 Å². The largest absolute Gasteiger partial charge is 0.309 e. The zero-order valence-corrected chi connectivity index (χ0v) is 13.1. The lowest BCUT2D eigenvalue weighted by atomic mass is 10.0. The fourth-order valence-corrected chi connectivity index (χ4v) is 3.75. The molecule has 5 heteroatoms. The maximum absolute atomic E-state index is 14.0. The Morgan fingerprint density at radius 1 is 1.44 bits per heavy atom. The van der Waals surface area contributed by atoms with Gasteiger partial charge in [0.2, 0.25) is 0 Å². The van der Waals surface area contributed by atoms with Crippen LogP contribution in [-0.2, 0) is 0 Å². The quantitative estimate of drug-likeness (QED) is 0.830. The molecule has 0 bridgehead atoms. The monoisotopic (exact) mass is 347 g/mol. The molecule has 1 N–H and O–H groups in total. The minimum atomic E-state index is -0.231. The van der Waals surface area contributed by atoms with Gasteiger partial charge in [0.25, 0.3) is 0 Å². The van der Waals surface area contributed by atoms with Gasteiger partial charge in [-0.2, -0.15) is 0 Å². The van der Waals surface area contributed by atoms with Gasteiger partial charge in [0, 0.05) is 14.9 Å². The van der Waals surface area contributed by atoms with Gasteiger partial charge in [-0.1, -0.05) is 33.6 Å². The van der Waals surface area contributed by atoms with E-state index in [1.54, 1.807) is 6.07 Å². The van der Waals surface area contributed by atoms with E-state index < -0.39 is 0 Å². The summed E-state index contributed by atoms with van der Waals surface area (Å²) in [5.74, 6) is -0.231. The van der Waals surface area contributed by atoms with Crippen LogP contribution in [0.15, 0.2) is 28.7 Å². The maximum atomic E-state index is 14.0. The van der Waals surface area contributed by atoms with Crippen molar-refractivity contribution < 1.29 is 4.39 Å². The van der Waals surface area contributed by atoms with Crippen LogP contribution in [-0.4, -0.2) is 7.05 Å². The van der Waals surface area contributed by atoms with Crippen molar-refractivity contribution in [1.82, 2.24) is 5.32 Å². The Balaban J connectivity index is 2.52. The second-order valence-electron chi connectivity index (χ2n) is 3.96. The summed E-state index contributed by atoms with van der Waals surface area (Å²) in [5.41, 5.74) is 1.63. The topological polar surface area (TPSA) is 12.0 Å². The van der Waals surface area contributed by atoms with Crippen LogP contribution < -0.4 is 5.32 Å². The predicted octanol–water partition coefficient (Wildman–Crippen LogP) is 4.92.